The van der Waals surface area contributed by atoms with E-state index in [1.807, 2.05) is 6.07 Å². The molecule has 0 aliphatic carbocycles. The largest absolute Gasteiger partial charge is 0.358 e. The summed E-state index contributed by atoms with van der Waals surface area (Å²) in [5, 5.41) is 20.4. The highest BCUT2D eigenvalue weighted by atomic mass is 35.5. The second-order valence-electron chi connectivity index (χ2n) is 5.95. The highest BCUT2D eigenvalue weighted by Gasteiger charge is 2.27. The number of amides is 3. The molecule has 0 unspecified atom stereocenters. The lowest BCUT2D eigenvalue weighted by atomic mass is 10.3. The van der Waals surface area contributed by atoms with E-state index in [1.54, 1.807) is 6.07 Å². The Morgan fingerprint density at radius 1 is 1.40 bits per heavy atom. The molecule has 30 heavy (non-hydrogen) atoms. The average molecular weight is 471 g/mol. The van der Waals surface area contributed by atoms with Gasteiger partial charge in [0.15, 0.2) is 11.4 Å². The molecule has 0 spiro atoms. The number of hydrogen-bond acceptors (Lipinski definition) is 9. The topological polar surface area (TPSA) is 148 Å². The third kappa shape index (κ3) is 5.08. The van der Waals surface area contributed by atoms with Crippen LogP contribution in [-0.2, 0) is 20.1 Å². The summed E-state index contributed by atoms with van der Waals surface area (Å²) in [5.74, 6) is -0.710. The lowest BCUT2D eigenvalue weighted by molar-refractivity contribution is -0.392. The van der Waals surface area contributed by atoms with Crippen molar-refractivity contribution in [1.82, 2.24) is 29.4 Å². The maximum atomic E-state index is 12.5. The Morgan fingerprint density at radius 2 is 2.17 bits per heavy atom. The smallest absolute Gasteiger partial charge is 0.357 e. The van der Waals surface area contributed by atoms with Crippen molar-refractivity contribution >= 4 is 57.4 Å². The summed E-state index contributed by atoms with van der Waals surface area (Å²) in [4.78, 5) is 41.3. The van der Waals surface area contributed by atoms with Crippen molar-refractivity contribution in [3.63, 3.8) is 0 Å². The first kappa shape index (κ1) is 21.6. The fraction of sp³-hybridized carbons (Fsp3) is 0.267. The van der Waals surface area contributed by atoms with Crippen LogP contribution in [0.15, 0.2) is 18.3 Å². The Kier molecular flexibility index (Phi) is 6.59. The summed E-state index contributed by atoms with van der Waals surface area (Å²) in [7, 11) is 2.85. The number of rotatable bonds is 7. The van der Waals surface area contributed by atoms with Gasteiger partial charge in [-0.3, -0.25) is 10.1 Å². The van der Waals surface area contributed by atoms with Crippen LogP contribution in [0.3, 0.4) is 0 Å². The molecule has 15 heteroatoms. The molecule has 2 N–H and O–H groups in total. The Labute approximate surface area is 182 Å². The van der Waals surface area contributed by atoms with Gasteiger partial charge in [-0.1, -0.05) is 16.7 Å². The maximum Gasteiger partial charge on any atom is 0.357 e. The number of thiophene rings is 1. The van der Waals surface area contributed by atoms with Crippen LogP contribution in [-0.4, -0.2) is 47.9 Å². The first-order chi connectivity index (χ1) is 14.2. The number of nitrogens with one attached hydrogen (secondary N) is 2. The van der Waals surface area contributed by atoms with Crippen LogP contribution in [0, 0.1) is 10.1 Å². The minimum absolute atomic E-state index is 0.00161. The normalized spacial score (nSPS) is 10.6. The zero-order valence-electron chi connectivity index (χ0n) is 15.7. The number of nitrogens with zero attached hydrogens (tertiary/aromatic N) is 6. The van der Waals surface area contributed by atoms with Gasteiger partial charge in [0.25, 0.3) is 5.91 Å². The molecule has 3 amide bonds. The molecular formula is C15H15ClN8O4S2. The summed E-state index contributed by atoms with van der Waals surface area (Å²) in [6.45, 7) is 0.314. The van der Waals surface area contributed by atoms with E-state index in [0.717, 1.165) is 27.3 Å². The zero-order chi connectivity index (χ0) is 21.8. The number of hydrogen-bond donors (Lipinski definition) is 2. The van der Waals surface area contributed by atoms with Crippen molar-refractivity contribution in [3.05, 3.63) is 49.0 Å². The van der Waals surface area contributed by atoms with E-state index < -0.39 is 22.7 Å². The molecule has 3 rings (SSSR count). The maximum absolute atomic E-state index is 12.5. The van der Waals surface area contributed by atoms with E-state index >= 15 is 0 Å². The van der Waals surface area contributed by atoms with Crippen LogP contribution in [0.4, 0.5) is 15.7 Å². The highest BCUT2D eigenvalue weighted by Crippen LogP contribution is 2.21. The third-order valence-electron chi connectivity index (χ3n) is 3.78. The van der Waals surface area contributed by atoms with Crippen LogP contribution in [0.2, 0.25) is 4.34 Å². The van der Waals surface area contributed by atoms with Gasteiger partial charge < -0.3 is 20.3 Å². The first-order valence-corrected chi connectivity index (χ1v) is 10.2. The molecule has 0 atom stereocenters. The molecule has 0 fully saturated rings. The second kappa shape index (κ2) is 9.15. The van der Waals surface area contributed by atoms with Crippen LogP contribution in [0.1, 0.15) is 21.1 Å². The van der Waals surface area contributed by atoms with Gasteiger partial charge in [0, 0.05) is 23.5 Å². The molecule has 0 saturated carbocycles. The SMILES string of the molecule is CN(Cc1nsc(NC(=O)NCc2ccc(Cl)s2)n1)C(=O)c1cnn(C)c1[N+](=O)[O-]. The molecule has 0 aliphatic heterocycles. The molecular weight excluding hydrogens is 456 g/mol. The zero-order valence-corrected chi connectivity index (χ0v) is 18.0. The molecule has 0 saturated heterocycles. The highest BCUT2D eigenvalue weighted by molar-refractivity contribution is 7.16. The number of halogens is 1. The Balaban J connectivity index is 1.56. The minimum Gasteiger partial charge on any atom is -0.358 e. The lowest BCUT2D eigenvalue weighted by Gasteiger charge is -2.13. The van der Waals surface area contributed by atoms with E-state index in [2.05, 4.69) is 25.1 Å². The second-order valence-corrected chi connectivity index (χ2v) is 8.50. The van der Waals surface area contributed by atoms with E-state index in [0.29, 0.717) is 10.9 Å². The van der Waals surface area contributed by atoms with Crippen molar-refractivity contribution < 1.29 is 14.5 Å². The third-order valence-corrected chi connectivity index (χ3v) is 5.68. The van der Waals surface area contributed by atoms with E-state index in [4.69, 9.17) is 11.6 Å². The van der Waals surface area contributed by atoms with Gasteiger partial charge in [-0.05, 0) is 17.1 Å². The molecule has 0 aromatic carbocycles. The molecule has 3 heterocycles. The predicted octanol–water partition coefficient (Wildman–Crippen LogP) is 2.49. The molecule has 158 valence electrons. The van der Waals surface area contributed by atoms with Gasteiger partial charge in [0.1, 0.15) is 7.05 Å². The van der Waals surface area contributed by atoms with Crippen molar-refractivity contribution in [2.24, 2.45) is 7.05 Å². The molecule has 3 aromatic rings. The lowest BCUT2D eigenvalue weighted by Crippen LogP contribution is -2.28. The van der Waals surface area contributed by atoms with Gasteiger partial charge in [-0.25, -0.2) is 9.78 Å². The van der Waals surface area contributed by atoms with E-state index in [1.165, 1.54) is 30.3 Å². The van der Waals surface area contributed by atoms with Gasteiger partial charge in [-0.2, -0.15) is 4.37 Å². The van der Waals surface area contributed by atoms with Gasteiger partial charge >= 0.3 is 11.8 Å². The van der Waals surface area contributed by atoms with Gasteiger partial charge in [0.2, 0.25) is 5.13 Å². The van der Waals surface area contributed by atoms with Crippen molar-refractivity contribution in [1.29, 1.82) is 0 Å². The van der Waals surface area contributed by atoms with Crippen LogP contribution < -0.4 is 10.6 Å². The molecule has 12 nitrogen and oxygen atoms in total. The quantitative estimate of drug-likeness (QED) is 0.398. The van der Waals surface area contributed by atoms with Crippen molar-refractivity contribution in [3.8, 4) is 0 Å². The predicted molar refractivity (Wildman–Crippen MR) is 111 cm³/mol. The molecule has 3 aromatic heterocycles. The van der Waals surface area contributed by atoms with Gasteiger partial charge in [0.05, 0.1) is 23.6 Å². The summed E-state index contributed by atoms with van der Waals surface area (Å²) in [6, 6.07) is 3.10. The summed E-state index contributed by atoms with van der Waals surface area (Å²) in [6.07, 6.45) is 1.14. The standard InChI is InChI=1S/C15H15ClN8O4S2/c1-22(13(25)9-6-18-23(2)12(9)24(27)28)7-11-19-15(30-21-11)20-14(26)17-5-8-3-4-10(16)29-8/h3-4,6H,5,7H2,1-2H3,(H2,17,19,20,21,26). The Morgan fingerprint density at radius 3 is 2.83 bits per heavy atom. The number of aromatic nitrogens is 4. The molecule has 0 bridgehead atoms. The summed E-state index contributed by atoms with van der Waals surface area (Å²) in [5.41, 5.74) is -0.133. The number of anilines is 1. The summed E-state index contributed by atoms with van der Waals surface area (Å²) >= 11 is 8.16. The fourth-order valence-electron chi connectivity index (χ4n) is 2.41. The average Bonchev–Trinajstić information content (AvgIpc) is 3.40. The summed E-state index contributed by atoms with van der Waals surface area (Å²) < 4.78 is 5.75. The number of urea groups is 1. The Hall–Kier alpha value is -3.10. The number of carbonyl (C=O) groups is 2. The van der Waals surface area contributed by atoms with Gasteiger partial charge in [-0.15, -0.1) is 16.0 Å². The van der Waals surface area contributed by atoms with Crippen LogP contribution in [0.25, 0.3) is 0 Å². The van der Waals surface area contributed by atoms with Crippen molar-refractivity contribution in [2.75, 3.05) is 12.4 Å². The monoisotopic (exact) mass is 470 g/mol. The molecule has 0 radical (unpaired) electrons. The number of nitro groups is 1. The van der Waals surface area contributed by atoms with Crippen LogP contribution in [0.5, 0.6) is 0 Å². The number of aryl methyl sites for hydroxylation is 1. The van der Waals surface area contributed by atoms with Crippen LogP contribution >= 0.6 is 34.5 Å². The van der Waals surface area contributed by atoms with E-state index in [-0.39, 0.29) is 23.1 Å². The number of carbonyl (C=O) groups excluding carboxylic acids is 2. The fourth-order valence-corrected chi connectivity index (χ4v) is 4.01. The molecule has 0 aliphatic rings. The Bertz CT molecular complexity index is 1090. The van der Waals surface area contributed by atoms with E-state index in [9.17, 15) is 19.7 Å². The first-order valence-electron chi connectivity index (χ1n) is 8.28. The van der Waals surface area contributed by atoms with Crippen molar-refractivity contribution in [2.45, 2.75) is 13.1 Å². The minimum atomic E-state index is -0.667.